The maximum Gasteiger partial charge on any atom is 0.331 e. The Morgan fingerprint density at radius 3 is 2.38 bits per heavy atom. The number of hydrogen-bond donors (Lipinski definition) is 1. The molecular formula is C18H19NO2. The van der Waals surface area contributed by atoms with Crippen LogP contribution in [0, 0.1) is 13.8 Å². The molecule has 2 aromatic carbocycles. The zero-order valence-electron chi connectivity index (χ0n) is 12.5. The molecule has 0 atom stereocenters. The zero-order valence-corrected chi connectivity index (χ0v) is 12.5. The van der Waals surface area contributed by atoms with Crippen LogP contribution in [0.3, 0.4) is 0 Å². The van der Waals surface area contributed by atoms with Crippen LogP contribution in [0.25, 0.3) is 5.57 Å². The number of methoxy groups -OCH3 is 1. The number of ether oxygens (including phenoxy) is 1. The quantitative estimate of drug-likeness (QED) is 0.532. The van der Waals surface area contributed by atoms with Crippen LogP contribution < -0.4 is 5.73 Å². The highest BCUT2D eigenvalue weighted by Gasteiger charge is 2.12. The maximum atomic E-state index is 11.7. The number of carbonyl (C=O) groups is 1. The zero-order chi connectivity index (χ0) is 15.4. The van der Waals surface area contributed by atoms with E-state index in [1.807, 2.05) is 56.3 Å². The first-order chi connectivity index (χ1) is 10.0. The number of anilines is 1. The first-order valence-electron chi connectivity index (χ1n) is 6.75. The summed E-state index contributed by atoms with van der Waals surface area (Å²) in [6.45, 7) is 3.98. The molecule has 0 spiro atoms. The molecule has 21 heavy (non-hydrogen) atoms. The Morgan fingerprint density at radius 2 is 1.76 bits per heavy atom. The lowest BCUT2D eigenvalue weighted by Gasteiger charge is -2.14. The Morgan fingerprint density at radius 1 is 1.10 bits per heavy atom. The monoisotopic (exact) mass is 281 g/mol. The molecule has 3 heteroatoms. The second-order valence-electron chi connectivity index (χ2n) is 4.97. The summed E-state index contributed by atoms with van der Waals surface area (Å²) in [6, 6.07) is 13.7. The summed E-state index contributed by atoms with van der Waals surface area (Å²) in [5.41, 5.74) is 11.5. The first-order valence-corrected chi connectivity index (χ1v) is 6.75. The van der Waals surface area contributed by atoms with Gasteiger partial charge in [-0.15, -0.1) is 0 Å². The van der Waals surface area contributed by atoms with Crippen LogP contribution in [0.1, 0.15) is 22.3 Å². The predicted molar refractivity (Wildman–Crippen MR) is 85.9 cm³/mol. The molecule has 0 unspecified atom stereocenters. The summed E-state index contributed by atoms with van der Waals surface area (Å²) in [5, 5.41) is 0. The summed E-state index contributed by atoms with van der Waals surface area (Å²) in [4.78, 5) is 11.7. The van der Waals surface area contributed by atoms with E-state index in [0.717, 1.165) is 27.8 Å². The minimum atomic E-state index is -0.382. The molecule has 3 nitrogen and oxygen atoms in total. The van der Waals surface area contributed by atoms with E-state index in [1.54, 1.807) is 0 Å². The van der Waals surface area contributed by atoms with Crippen molar-refractivity contribution in [1.29, 1.82) is 0 Å². The fourth-order valence-electron chi connectivity index (χ4n) is 2.27. The van der Waals surface area contributed by atoms with Gasteiger partial charge in [-0.1, -0.05) is 36.4 Å². The van der Waals surface area contributed by atoms with E-state index in [1.165, 1.54) is 13.2 Å². The van der Waals surface area contributed by atoms with Crippen LogP contribution in [0.4, 0.5) is 5.69 Å². The molecule has 0 fully saturated rings. The molecule has 0 radical (unpaired) electrons. The van der Waals surface area contributed by atoms with Gasteiger partial charge in [-0.2, -0.15) is 0 Å². The highest BCUT2D eigenvalue weighted by Crippen LogP contribution is 2.29. The largest absolute Gasteiger partial charge is 0.466 e. The molecule has 0 aliphatic heterocycles. The maximum absolute atomic E-state index is 11.7. The molecule has 0 heterocycles. The van der Waals surface area contributed by atoms with Gasteiger partial charge in [0.25, 0.3) is 0 Å². The van der Waals surface area contributed by atoms with Crippen molar-refractivity contribution >= 4 is 17.2 Å². The fraction of sp³-hybridized carbons (Fsp3) is 0.167. The molecule has 0 amide bonds. The van der Waals surface area contributed by atoms with Crippen molar-refractivity contribution < 1.29 is 9.53 Å². The van der Waals surface area contributed by atoms with E-state index in [0.29, 0.717) is 5.69 Å². The molecule has 0 aliphatic rings. The highest BCUT2D eigenvalue weighted by atomic mass is 16.5. The molecule has 0 aliphatic carbocycles. The second-order valence-corrected chi connectivity index (χ2v) is 4.97. The number of carbonyl (C=O) groups excluding carboxylic acids is 1. The first kappa shape index (κ1) is 14.9. The number of benzene rings is 2. The molecule has 0 bridgehead atoms. The Bertz CT molecular complexity index is 688. The topological polar surface area (TPSA) is 52.3 Å². The van der Waals surface area contributed by atoms with Gasteiger partial charge in [-0.05, 0) is 47.7 Å². The van der Waals surface area contributed by atoms with Gasteiger partial charge in [0.2, 0.25) is 0 Å². The van der Waals surface area contributed by atoms with Gasteiger partial charge in [0.15, 0.2) is 0 Å². The fourth-order valence-corrected chi connectivity index (χ4v) is 2.27. The minimum absolute atomic E-state index is 0.382. The normalized spacial score (nSPS) is 11.3. The van der Waals surface area contributed by atoms with Gasteiger partial charge in [0.05, 0.1) is 7.11 Å². The van der Waals surface area contributed by atoms with Gasteiger partial charge in [-0.25, -0.2) is 4.79 Å². The van der Waals surface area contributed by atoms with Crippen LogP contribution in [0.2, 0.25) is 0 Å². The third kappa shape index (κ3) is 3.31. The Labute approximate surface area is 125 Å². The van der Waals surface area contributed by atoms with E-state index in [2.05, 4.69) is 0 Å². The summed E-state index contributed by atoms with van der Waals surface area (Å²) in [6.07, 6.45) is 1.51. The average Bonchev–Trinajstić information content (AvgIpc) is 2.49. The second kappa shape index (κ2) is 6.27. The number of nitrogen functional groups attached to an aromatic ring is 1. The van der Waals surface area contributed by atoms with Crippen molar-refractivity contribution in [3.8, 4) is 0 Å². The molecule has 0 saturated heterocycles. The molecule has 108 valence electrons. The number of rotatable bonds is 3. The van der Waals surface area contributed by atoms with Gasteiger partial charge in [0, 0.05) is 11.8 Å². The van der Waals surface area contributed by atoms with E-state index in [4.69, 9.17) is 10.5 Å². The van der Waals surface area contributed by atoms with Crippen LogP contribution in [-0.2, 0) is 9.53 Å². The standard InChI is InChI=1S/C18H19NO2/c1-12-9-13(2)17(19)10-15(12)16(11-18(20)21-3)14-7-5-4-6-8-14/h4-11H,19H2,1-3H3/b16-11+. The third-order valence-corrected chi connectivity index (χ3v) is 3.45. The summed E-state index contributed by atoms with van der Waals surface area (Å²) in [5.74, 6) is -0.382. The lowest BCUT2D eigenvalue weighted by molar-refractivity contribution is -0.134. The van der Waals surface area contributed by atoms with Crippen LogP contribution in [0.5, 0.6) is 0 Å². The van der Waals surface area contributed by atoms with Gasteiger partial charge in [0.1, 0.15) is 0 Å². The Balaban J connectivity index is 2.64. The Hall–Kier alpha value is -2.55. The Kier molecular flexibility index (Phi) is 4.43. The summed E-state index contributed by atoms with van der Waals surface area (Å²) < 4.78 is 4.77. The highest BCUT2D eigenvalue weighted by molar-refractivity contribution is 5.97. The van der Waals surface area contributed by atoms with Crippen molar-refractivity contribution in [1.82, 2.24) is 0 Å². The van der Waals surface area contributed by atoms with Crippen LogP contribution >= 0.6 is 0 Å². The number of aryl methyl sites for hydroxylation is 2. The molecule has 2 N–H and O–H groups in total. The molecule has 0 saturated carbocycles. The third-order valence-electron chi connectivity index (χ3n) is 3.45. The molecule has 2 rings (SSSR count). The molecular weight excluding hydrogens is 262 g/mol. The predicted octanol–water partition coefficient (Wildman–Crippen LogP) is 3.49. The lowest BCUT2D eigenvalue weighted by Crippen LogP contribution is -2.01. The van der Waals surface area contributed by atoms with E-state index < -0.39 is 0 Å². The van der Waals surface area contributed by atoms with Crippen molar-refractivity contribution in [2.45, 2.75) is 13.8 Å². The van der Waals surface area contributed by atoms with Crippen molar-refractivity contribution in [2.75, 3.05) is 12.8 Å². The van der Waals surface area contributed by atoms with E-state index in [9.17, 15) is 4.79 Å². The number of esters is 1. The van der Waals surface area contributed by atoms with Crippen LogP contribution in [-0.4, -0.2) is 13.1 Å². The van der Waals surface area contributed by atoms with Gasteiger partial charge >= 0.3 is 5.97 Å². The average molecular weight is 281 g/mol. The number of nitrogens with two attached hydrogens (primary N) is 1. The minimum Gasteiger partial charge on any atom is -0.466 e. The molecule has 2 aromatic rings. The van der Waals surface area contributed by atoms with Crippen LogP contribution in [0.15, 0.2) is 48.5 Å². The lowest BCUT2D eigenvalue weighted by atomic mass is 9.92. The van der Waals surface area contributed by atoms with Crippen molar-refractivity contribution in [2.24, 2.45) is 0 Å². The van der Waals surface area contributed by atoms with E-state index >= 15 is 0 Å². The smallest absolute Gasteiger partial charge is 0.331 e. The van der Waals surface area contributed by atoms with E-state index in [-0.39, 0.29) is 5.97 Å². The van der Waals surface area contributed by atoms with Gasteiger partial charge in [-0.3, -0.25) is 0 Å². The number of hydrogen-bond acceptors (Lipinski definition) is 3. The van der Waals surface area contributed by atoms with Crippen molar-refractivity contribution in [3.05, 3.63) is 70.8 Å². The van der Waals surface area contributed by atoms with Crippen molar-refractivity contribution in [3.63, 3.8) is 0 Å². The summed E-state index contributed by atoms with van der Waals surface area (Å²) >= 11 is 0. The SMILES string of the molecule is COC(=O)/C=C(\c1ccccc1)c1cc(N)c(C)cc1C. The van der Waals surface area contributed by atoms with Gasteiger partial charge < -0.3 is 10.5 Å². The molecule has 0 aromatic heterocycles. The summed E-state index contributed by atoms with van der Waals surface area (Å²) in [7, 11) is 1.37.